The van der Waals surface area contributed by atoms with E-state index in [1.165, 1.54) is 34.4 Å². The van der Waals surface area contributed by atoms with Gasteiger partial charge < -0.3 is 15.5 Å². The third kappa shape index (κ3) is 4.87. The first-order valence-electron chi connectivity index (χ1n) is 7.69. The van der Waals surface area contributed by atoms with Gasteiger partial charge in [-0.15, -0.1) is 11.3 Å². The van der Waals surface area contributed by atoms with E-state index < -0.39 is 11.7 Å². The normalized spacial score (nSPS) is 10.7. The van der Waals surface area contributed by atoms with Gasteiger partial charge in [0, 0.05) is 13.0 Å². The Hall–Kier alpha value is -2.25. The minimum absolute atomic E-state index is 0.139. The molecule has 0 fully saturated rings. The van der Waals surface area contributed by atoms with E-state index in [1.54, 1.807) is 17.5 Å². The van der Waals surface area contributed by atoms with Gasteiger partial charge in [-0.3, -0.25) is 9.59 Å². The third-order valence-corrected chi connectivity index (χ3v) is 4.24. The predicted molar refractivity (Wildman–Crippen MR) is 93.3 cm³/mol. The van der Waals surface area contributed by atoms with E-state index in [0.717, 1.165) is 13.0 Å². The molecular formula is C17H21FN3O2S+. The van der Waals surface area contributed by atoms with Crippen molar-refractivity contribution in [3.05, 3.63) is 52.0 Å². The van der Waals surface area contributed by atoms with E-state index in [4.69, 9.17) is 0 Å². The Morgan fingerprint density at radius 2 is 1.96 bits per heavy atom. The SMILES string of the molecule is C[NH+](C)CCCNC(=O)c1c(F)cccc1NC(=O)c1cccs1. The van der Waals surface area contributed by atoms with Crippen LogP contribution in [-0.2, 0) is 0 Å². The van der Waals surface area contributed by atoms with Crippen molar-refractivity contribution >= 4 is 28.8 Å². The molecule has 2 rings (SSSR count). The Kier molecular flexibility index (Phi) is 6.45. The van der Waals surface area contributed by atoms with Crippen LogP contribution in [0.4, 0.5) is 10.1 Å². The van der Waals surface area contributed by atoms with Gasteiger partial charge in [-0.1, -0.05) is 12.1 Å². The number of rotatable bonds is 7. The molecule has 0 bridgehead atoms. The summed E-state index contributed by atoms with van der Waals surface area (Å²) in [7, 11) is 4.05. The monoisotopic (exact) mass is 350 g/mol. The van der Waals surface area contributed by atoms with Crippen LogP contribution in [-0.4, -0.2) is 39.0 Å². The molecule has 0 radical (unpaired) electrons. The summed E-state index contributed by atoms with van der Waals surface area (Å²) in [5.74, 6) is -1.54. The molecule has 1 aromatic carbocycles. The number of carbonyl (C=O) groups excluding carboxylic acids is 2. The lowest BCUT2D eigenvalue weighted by molar-refractivity contribution is -0.858. The molecule has 0 spiro atoms. The minimum atomic E-state index is -0.658. The minimum Gasteiger partial charge on any atom is -0.352 e. The highest BCUT2D eigenvalue weighted by Crippen LogP contribution is 2.20. The van der Waals surface area contributed by atoms with Crippen LogP contribution < -0.4 is 15.5 Å². The quantitative estimate of drug-likeness (QED) is 0.661. The first kappa shape index (κ1) is 18.1. The maximum Gasteiger partial charge on any atom is 0.265 e. The average Bonchev–Trinajstić information content (AvgIpc) is 3.06. The van der Waals surface area contributed by atoms with Gasteiger partial charge in [0.1, 0.15) is 5.82 Å². The lowest BCUT2D eigenvalue weighted by Gasteiger charge is -2.12. The average molecular weight is 350 g/mol. The molecule has 0 saturated carbocycles. The van der Waals surface area contributed by atoms with Gasteiger partial charge in [0.2, 0.25) is 0 Å². The molecule has 0 saturated heterocycles. The lowest BCUT2D eigenvalue weighted by Crippen LogP contribution is -3.05. The van der Waals surface area contributed by atoms with Crippen LogP contribution in [0.1, 0.15) is 26.5 Å². The Balaban J connectivity index is 2.08. The number of nitrogens with one attached hydrogen (secondary N) is 3. The molecule has 7 heteroatoms. The zero-order valence-corrected chi connectivity index (χ0v) is 14.5. The van der Waals surface area contributed by atoms with Crippen LogP contribution >= 0.6 is 11.3 Å². The fraction of sp³-hybridized carbons (Fsp3) is 0.294. The van der Waals surface area contributed by atoms with Gasteiger partial charge in [-0.2, -0.15) is 0 Å². The van der Waals surface area contributed by atoms with Crippen molar-refractivity contribution in [2.45, 2.75) is 6.42 Å². The first-order valence-corrected chi connectivity index (χ1v) is 8.57. The van der Waals surface area contributed by atoms with E-state index in [1.807, 2.05) is 14.1 Å². The van der Waals surface area contributed by atoms with Gasteiger partial charge in [-0.25, -0.2) is 4.39 Å². The smallest absolute Gasteiger partial charge is 0.265 e. The van der Waals surface area contributed by atoms with E-state index in [0.29, 0.717) is 11.4 Å². The number of carbonyl (C=O) groups is 2. The summed E-state index contributed by atoms with van der Waals surface area (Å²) in [4.78, 5) is 26.2. The molecular weight excluding hydrogens is 329 g/mol. The Morgan fingerprint density at radius 1 is 1.17 bits per heavy atom. The molecule has 0 aliphatic heterocycles. The number of thiophene rings is 1. The maximum absolute atomic E-state index is 14.1. The molecule has 0 atom stereocenters. The van der Waals surface area contributed by atoms with E-state index in [2.05, 4.69) is 10.6 Å². The van der Waals surface area contributed by atoms with Gasteiger partial charge in [0.05, 0.1) is 36.8 Å². The fourth-order valence-electron chi connectivity index (χ4n) is 2.18. The third-order valence-electron chi connectivity index (χ3n) is 3.37. The fourth-order valence-corrected chi connectivity index (χ4v) is 2.80. The number of amides is 2. The van der Waals surface area contributed by atoms with Crippen molar-refractivity contribution in [1.82, 2.24) is 5.32 Å². The molecule has 3 N–H and O–H groups in total. The van der Waals surface area contributed by atoms with Crippen molar-refractivity contribution in [3.8, 4) is 0 Å². The standard InChI is InChI=1S/C17H20FN3O2S/c1-21(2)10-5-9-19-17(23)15-12(18)6-3-7-13(15)20-16(22)14-8-4-11-24-14/h3-4,6-8,11H,5,9-10H2,1-2H3,(H,19,23)(H,20,22)/p+1. The number of anilines is 1. The second-order valence-corrected chi connectivity index (χ2v) is 6.61. The zero-order chi connectivity index (χ0) is 17.5. The van der Waals surface area contributed by atoms with Crippen molar-refractivity contribution in [1.29, 1.82) is 0 Å². The number of benzene rings is 1. The Bertz CT molecular complexity index is 702. The van der Waals surface area contributed by atoms with Crippen LogP contribution in [0.3, 0.4) is 0 Å². The molecule has 128 valence electrons. The van der Waals surface area contributed by atoms with E-state index in [-0.39, 0.29) is 17.2 Å². The Morgan fingerprint density at radius 3 is 2.62 bits per heavy atom. The van der Waals surface area contributed by atoms with Crippen molar-refractivity contribution in [2.75, 3.05) is 32.5 Å². The second-order valence-electron chi connectivity index (χ2n) is 5.66. The van der Waals surface area contributed by atoms with Crippen molar-refractivity contribution in [3.63, 3.8) is 0 Å². The molecule has 24 heavy (non-hydrogen) atoms. The van der Waals surface area contributed by atoms with Crippen LogP contribution in [0.25, 0.3) is 0 Å². The van der Waals surface area contributed by atoms with Crippen LogP contribution in [0.2, 0.25) is 0 Å². The van der Waals surface area contributed by atoms with Crippen molar-refractivity contribution < 1.29 is 18.9 Å². The molecule has 1 heterocycles. The summed E-state index contributed by atoms with van der Waals surface area (Å²) in [6.45, 7) is 1.36. The van der Waals surface area contributed by atoms with E-state index in [9.17, 15) is 14.0 Å². The topological polar surface area (TPSA) is 62.6 Å². The summed E-state index contributed by atoms with van der Waals surface area (Å²) in [5.41, 5.74) is 0.0312. The summed E-state index contributed by atoms with van der Waals surface area (Å²) < 4.78 is 14.1. The molecule has 0 aliphatic carbocycles. The maximum atomic E-state index is 14.1. The number of hydrogen-bond donors (Lipinski definition) is 3. The number of hydrogen-bond acceptors (Lipinski definition) is 3. The summed E-state index contributed by atoms with van der Waals surface area (Å²) in [5, 5.41) is 7.09. The van der Waals surface area contributed by atoms with E-state index >= 15 is 0 Å². The van der Waals surface area contributed by atoms with Crippen molar-refractivity contribution in [2.24, 2.45) is 0 Å². The molecule has 0 unspecified atom stereocenters. The largest absolute Gasteiger partial charge is 0.352 e. The lowest BCUT2D eigenvalue weighted by atomic mass is 10.1. The van der Waals surface area contributed by atoms with Crippen LogP contribution in [0.15, 0.2) is 35.7 Å². The predicted octanol–water partition coefficient (Wildman–Crippen LogP) is 1.40. The van der Waals surface area contributed by atoms with Gasteiger partial charge in [0.15, 0.2) is 0 Å². The molecule has 1 aromatic heterocycles. The van der Waals surface area contributed by atoms with Gasteiger partial charge in [-0.05, 0) is 23.6 Å². The molecule has 2 aromatic rings. The summed E-state index contributed by atoms with van der Waals surface area (Å²) in [6, 6.07) is 7.62. The summed E-state index contributed by atoms with van der Waals surface area (Å²) >= 11 is 1.28. The zero-order valence-electron chi connectivity index (χ0n) is 13.7. The number of halogens is 1. The second kappa shape index (κ2) is 8.56. The highest BCUT2D eigenvalue weighted by Gasteiger charge is 2.18. The number of quaternary nitrogens is 1. The highest BCUT2D eigenvalue weighted by molar-refractivity contribution is 7.12. The Labute approximate surface area is 144 Å². The van der Waals surface area contributed by atoms with Gasteiger partial charge >= 0.3 is 0 Å². The summed E-state index contributed by atoms with van der Waals surface area (Å²) in [6.07, 6.45) is 0.791. The first-order chi connectivity index (χ1) is 11.5. The molecule has 2 amide bonds. The van der Waals surface area contributed by atoms with Crippen LogP contribution in [0.5, 0.6) is 0 Å². The molecule has 5 nitrogen and oxygen atoms in total. The van der Waals surface area contributed by atoms with Crippen LogP contribution in [0, 0.1) is 5.82 Å². The van der Waals surface area contributed by atoms with Gasteiger partial charge in [0.25, 0.3) is 11.8 Å². The highest BCUT2D eigenvalue weighted by atomic mass is 32.1. The molecule has 0 aliphatic rings.